The summed E-state index contributed by atoms with van der Waals surface area (Å²) in [6.07, 6.45) is 0. The Kier molecular flexibility index (Phi) is 15.2. The molecule has 19 aromatic carbocycles. The molecule has 0 atom stereocenters. The molecule has 0 unspecified atom stereocenters. The van der Waals surface area contributed by atoms with Gasteiger partial charge in [-0.3, -0.25) is 0 Å². The fraction of sp³-hybridized carbons (Fsp3) is 0.0500. The topological polar surface area (TPSA) is 24.6 Å². The number of hydrogen-bond acceptors (Lipinski definition) is 0. The van der Waals surface area contributed by atoms with Gasteiger partial charge >= 0.3 is 0 Å². The van der Waals surface area contributed by atoms with E-state index in [1.807, 2.05) is 0 Å². The zero-order valence-corrected chi connectivity index (χ0v) is 69.6. The van der Waals surface area contributed by atoms with Crippen molar-refractivity contribution in [2.75, 3.05) is 0 Å². The first-order valence-electron chi connectivity index (χ1n) is 43.7. The Morgan fingerprint density at radius 1 is 0.152 bits per heavy atom. The third-order valence-corrected chi connectivity index (χ3v) is 28.0. The molecule has 0 amide bonds. The van der Waals surface area contributed by atoms with Gasteiger partial charge < -0.3 is 22.8 Å². The van der Waals surface area contributed by atoms with E-state index in [1.54, 1.807) is 0 Å². The van der Waals surface area contributed by atoms with Crippen LogP contribution < -0.4 is 0 Å². The van der Waals surface area contributed by atoms with Crippen LogP contribution in [-0.4, -0.2) is 22.8 Å². The molecule has 5 heterocycles. The van der Waals surface area contributed by atoms with Gasteiger partial charge in [-0.05, 0) is 269 Å². The first kappa shape index (κ1) is 71.0. The maximum Gasteiger partial charge on any atom is 0.0547 e. The zero-order chi connectivity index (χ0) is 82.7. The van der Waals surface area contributed by atoms with Crippen LogP contribution in [-0.2, 0) is 10.8 Å². The molecule has 0 saturated heterocycles. The molecule has 0 saturated carbocycles. The molecule has 2 aliphatic rings. The Labute approximate surface area is 723 Å². The number of benzene rings is 19. The summed E-state index contributed by atoms with van der Waals surface area (Å²) in [4.78, 5) is 0. The normalized spacial score (nSPS) is 13.2. The van der Waals surface area contributed by atoms with Crippen molar-refractivity contribution in [3.8, 4) is 117 Å². The molecule has 586 valence electrons. The molecule has 125 heavy (non-hydrogen) atoms. The lowest BCUT2D eigenvalue weighted by molar-refractivity contribution is 0.661. The highest BCUT2D eigenvalue weighted by Crippen LogP contribution is 2.56. The lowest BCUT2D eigenvalue weighted by Crippen LogP contribution is -2.15. The lowest BCUT2D eigenvalue weighted by atomic mass is 9.82. The summed E-state index contributed by atoms with van der Waals surface area (Å²) in [6, 6.07) is 158. The van der Waals surface area contributed by atoms with E-state index < -0.39 is 0 Å². The van der Waals surface area contributed by atoms with Crippen molar-refractivity contribution in [2.24, 2.45) is 0 Å². The number of aromatic nitrogens is 5. The predicted octanol–water partition coefficient (Wildman–Crippen LogP) is 31.8. The Morgan fingerprint density at radius 3 is 1.10 bits per heavy atom. The minimum atomic E-state index is -0.318. The van der Waals surface area contributed by atoms with E-state index >= 15 is 0 Å². The molecule has 0 aliphatic heterocycles. The van der Waals surface area contributed by atoms with Crippen molar-refractivity contribution in [3.05, 3.63) is 441 Å². The third-order valence-electron chi connectivity index (χ3n) is 28.0. The van der Waals surface area contributed by atoms with Crippen LogP contribution in [0.25, 0.3) is 226 Å². The van der Waals surface area contributed by atoms with Gasteiger partial charge in [0, 0.05) is 93.0 Å². The zero-order valence-electron chi connectivity index (χ0n) is 69.6. The number of hydrogen-bond donors (Lipinski definition) is 0. The van der Waals surface area contributed by atoms with Crippen LogP contribution in [0.5, 0.6) is 0 Å². The standard InChI is InChI=1S/C120H81N5/c1-119(2)103-45-22-17-39-90(103)96-70-102-100-68-81(89-44-28-50-114-118(89)94-43-21-26-49-110(94)123(114)86-37-15-8-16-38-86)55-60-113(100)124(116(102)72-105(96)119)87-63-82(62-83(64-87)79-54-59-112-99(67-79)92-41-19-24-47-108(92)122(112)85-35-13-7-14-36-85)76-32-27-31-75(61-76)77-52-57-104-95(65-77)97-71-101-93-42-20-25-48-109(93)125(117(101)73-106(97)120(104,3)4)115-69-80(51-56-88(115)74-29-9-5-10-30-74)78-53-58-111-98(66-78)91-40-18-23-46-107(91)121(111)84-33-11-6-12-34-84/h5-73H,1-4H3. The van der Waals surface area contributed by atoms with Gasteiger partial charge in [-0.15, -0.1) is 0 Å². The largest absolute Gasteiger partial charge is 0.309 e. The van der Waals surface area contributed by atoms with Crippen molar-refractivity contribution in [1.82, 2.24) is 22.8 Å². The van der Waals surface area contributed by atoms with Gasteiger partial charge in [0.25, 0.3) is 0 Å². The molecule has 0 spiro atoms. The van der Waals surface area contributed by atoms with Crippen LogP contribution in [0.2, 0.25) is 0 Å². The van der Waals surface area contributed by atoms with Crippen LogP contribution in [0.1, 0.15) is 49.9 Å². The number of fused-ring (bicyclic) bond motifs is 21. The SMILES string of the molecule is CC1(C)c2ccccc2-c2cc3c4cc(-c5cccc6c5c5ccccc5n6-c5ccccc5)ccc4n(-c4cc(-c5cccc(-c6ccc7c(c6)-c6cc8c9ccccc9n(-c9cc(-c%10ccc%11c(c%10)c%10ccccc%10n%11-c%10ccccc%10)ccc9-c9ccccc9)c8cc6C7(C)C)c5)cc(-c5ccc6c(c5)c5ccccc5n6-c5ccccc5)c4)c3cc21. The highest BCUT2D eigenvalue weighted by atomic mass is 15.0. The molecule has 0 N–H and O–H groups in total. The van der Waals surface area contributed by atoms with Crippen molar-refractivity contribution in [3.63, 3.8) is 0 Å². The molecule has 5 nitrogen and oxygen atoms in total. The van der Waals surface area contributed by atoms with Crippen LogP contribution >= 0.6 is 0 Å². The van der Waals surface area contributed by atoms with Crippen LogP contribution in [0, 0.1) is 0 Å². The van der Waals surface area contributed by atoms with Gasteiger partial charge in [-0.2, -0.15) is 0 Å². The van der Waals surface area contributed by atoms with Gasteiger partial charge in [0.05, 0.1) is 60.9 Å². The van der Waals surface area contributed by atoms with Crippen molar-refractivity contribution in [1.29, 1.82) is 0 Å². The Balaban J connectivity index is 0.643. The summed E-state index contributed by atoms with van der Waals surface area (Å²) in [7, 11) is 0. The van der Waals surface area contributed by atoms with Gasteiger partial charge in [-0.1, -0.05) is 282 Å². The van der Waals surface area contributed by atoms with E-state index in [9.17, 15) is 0 Å². The average molecular weight is 1590 g/mol. The third kappa shape index (κ3) is 10.5. The Bertz CT molecular complexity index is 8700. The molecule has 24 aromatic rings. The second-order valence-electron chi connectivity index (χ2n) is 35.5. The minimum Gasteiger partial charge on any atom is -0.309 e. The van der Waals surface area contributed by atoms with E-state index in [0.29, 0.717) is 0 Å². The summed E-state index contributed by atoms with van der Waals surface area (Å²) >= 11 is 0. The maximum atomic E-state index is 2.59. The van der Waals surface area contributed by atoms with Crippen molar-refractivity contribution in [2.45, 2.75) is 38.5 Å². The Morgan fingerprint density at radius 2 is 0.496 bits per heavy atom. The van der Waals surface area contributed by atoms with Gasteiger partial charge in [0.1, 0.15) is 0 Å². The fourth-order valence-corrected chi connectivity index (χ4v) is 22.2. The van der Waals surface area contributed by atoms with Crippen LogP contribution in [0.15, 0.2) is 419 Å². The van der Waals surface area contributed by atoms with Gasteiger partial charge in [0.15, 0.2) is 0 Å². The molecule has 5 aromatic heterocycles. The van der Waals surface area contributed by atoms with E-state index in [0.717, 1.165) is 67.3 Å². The predicted molar refractivity (Wildman–Crippen MR) is 526 cm³/mol. The van der Waals surface area contributed by atoms with E-state index in [4.69, 9.17) is 0 Å². The summed E-state index contributed by atoms with van der Waals surface area (Å²) in [5, 5.41) is 12.3. The van der Waals surface area contributed by atoms with Crippen molar-refractivity contribution < 1.29 is 0 Å². The smallest absolute Gasteiger partial charge is 0.0547 e. The second-order valence-corrected chi connectivity index (χ2v) is 35.5. The van der Waals surface area contributed by atoms with Crippen LogP contribution in [0.3, 0.4) is 0 Å². The van der Waals surface area contributed by atoms with Crippen molar-refractivity contribution >= 4 is 109 Å². The van der Waals surface area contributed by atoms with E-state index in [2.05, 4.69) is 469 Å². The first-order chi connectivity index (χ1) is 61.5. The maximum absolute atomic E-state index is 2.59. The number of rotatable bonds is 11. The fourth-order valence-electron chi connectivity index (χ4n) is 22.2. The highest BCUT2D eigenvalue weighted by molar-refractivity contribution is 6.20. The number of para-hydroxylation sites is 7. The van der Waals surface area contributed by atoms with E-state index in [-0.39, 0.29) is 10.8 Å². The second kappa shape index (κ2) is 26.8. The summed E-state index contributed by atoms with van der Waals surface area (Å²) in [6.45, 7) is 9.68. The lowest BCUT2D eigenvalue weighted by Gasteiger charge is -2.22. The molecule has 0 radical (unpaired) electrons. The Hall–Kier alpha value is -15.8. The molecular formula is C120H81N5. The van der Waals surface area contributed by atoms with Gasteiger partial charge in [-0.25, -0.2) is 0 Å². The van der Waals surface area contributed by atoms with E-state index in [1.165, 1.54) is 181 Å². The first-order valence-corrected chi connectivity index (χ1v) is 43.7. The molecule has 26 rings (SSSR count). The summed E-state index contributed by atoms with van der Waals surface area (Å²) in [5.74, 6) is 0. The van der Waals surface area contributed by atoms with Crippen LogP contribution in [0.4, 0.5) is 0 Å². The average Bonchev–Trinajstić information content (AvgIpc) is 1.55. The minimum absolute atomic E-state index is 0.244. The molecular weight excluding hydrogens is 1510 g/mol. The monoisotopic (exact) mass is 1590 g/mol. The molecule has 5 heteroatoms. The highest BCUT2D eigenvalue weighted by Gasteiger charge is 2.39. The molecule has 0 fully saturated rings. The number of nitrogens with zero attached hydrogens (tertiary/aromatic N) is 5. The van der Waals surface area contributed by atoms with Gasteiger partial charge in [0.2, 0.25) is 0 Å². The molecule has 2 aliphatic carbocycles. The summed E-state index contributed by atoms with van der Waals surface area (Å²) in [5.41, 5.74) is 41.4. The molecule has 0 bridgehead atoms. The summed E-state index contributed by atoms with van der Waals surface area (Å²) < 4.78 is 12.4. The quantitative estimate of drug-likeness (QED) is 0.123.